The minimum atomic E-state index is -0.0438. The summed E-state index contributed by atoms with van der Waals surface area (Å²) < 4.78 is 1.58. The molecule has 2 aromatic heterocycles. The number of aromatic nitrogens is 2. The molecule has 0 N–H and O–H groups in total. The van der Waals surface area contributed by atoms with Crippen LogP contribution in [0.5, 0.6) is 0 Å². The lowest BCUT2D eigenvalue weighted by molar-refractivity contribution is -0.133. The van der Waals surface area contributed by atoms with Gasteiger partial charge in [-0.1, -0.05) is 24.3 Å². The molecule has 3 heterocycles. The predicted molar refractivity (Wildman–Crippen MR) is 121 cm³/mol. The van der Waals surface area contributed by atoms with Crippen molar-refractivity contribution in [1.82, 2.24) is 19.4 Å². The van der Waals surface area contributed by atoms with E-state index in [1.54, 1.807) is 22.2 Å². The number of aryl methyl sites for hydroxylation is 4. The molecule has 4 rings (SSSR count). The molecule has 0 unspecified atom stereocenters. The summed E-state index contributed by atoms with van der Waals surface area (Å²) in [6, 6.07) is 8.46. The van der Waals surface area contributed by atoms with Crippen LogP contribution in [0.15, 0.2) is 35.4 Å². The Bertz CT molecular complexity index is 1130. The number of fused-ring (bicyclic) bond motifs is 1. The summed E-state index contributed by atoms with van der Waals surface area (Å²) in [5.41, 5.74) is 3.61. The highest BCUT2D eigenvalue weighted by molar-refractivity contribution is 7.18. The molecule has 1 aromatic carbocycles. The van der Waals surface area contributed by atoms with Crippen molar-refractivity contribution in [3.63, 3.8) is 0 Å². The van der Waals surface area contributed by atoms with Gasteiger partial charge in [-0.05, 0) is 37.5 Å². The lowest BCUT2D eigenvalue weighted by atomic mass is 10.1. The van der Waals surface area contributed by atoms with E-state index in [1.807, 2.05) is 18.7 Å². The number of hydrogen-bond donors (Lipinski definition) is 0. The van der Waals surface area contributed by atoms with E-state index in [1.165, 1.54) is 11.1 Å². The zero-order valence-corrected chi connectivity index (χ0v) is 18.7. The Kier molecular flexibility index (Phi) is 6.01. The number of rotatable bonds is 5. The molecule has 30 heavy (non-hydrogen) atoms. The van der Waals surface area contributed by atoms with Gasteiger partial charge in [-0.2, -0.15) is 0 Å². The van der Waals surface area contributed by atoms with Crippen LogP contribution < -0.4 is 5.56 Å². The fourth-order valence-electron chi connectivity index (χ4n) is 3.99. The molecule has 1 saturated heterocycles. The largest absolute Gasteiger partial charge is 0.340 e. The summed E-state index contributed by atoms with van der Waals surface area (Å²) in [5, 5.41) is 0.692. The van der Waals surface area contributed by atoms with Gasteiger partial charge in [0.15, 0.2) is 0 Å². The van der Waals surface area contributed by atoms with Crippen molar-refractivity contribution in [1.29, 1.82) is 0 Å². The lowest BCUT2D eigenvalue weighted by Crippen LogP contribution is -2.48. The molecule has 1 fully saturated rings. The third kappa shape index (κ3) is 4.18. The molecule has 0 atom stereocenters. The van der Waals surface area contributed by atoms with E-state index in [0.29, 0.717) is 18.4 Å². The van der Waals surface area contributed by atoms with Crippen molar-refractivity contribution >= 4 is 27.5 Å². The molecular formula is C23H28N4O2S. The van der Waals surface area contributed by atoms with Crippen LogP contribution in [-0.4, -0.2) is 51.4 Å². The highest BCUT2D eigenvalue weighted by Gasteiger charge is 2.21. The van der Waals surface area contributed by atoms with E-state index in [2.05, 4.69) is 41.1 Å². The minimum absolute atomic E-state index is 0.0438. The normalized spacial score (nSPS) is 15.1. The molecule has 1 amide bonds. The summed E-state index contributed by atoms with van der Waals surface area (Å²) in [5.74, 6) is 0.107. The molecule has 0 aliphatic carbocycles. The zero-order chi connectivity index (χ0) is 21.3. The topological polar surface area (TPSA) is 58.4 Å². The van der Waals surface area contributed by atoms with Crippen LogP contribution in [0.3, 0.4) is 0 Å². The maximum atomic E-state index is 12.8. The Balaban J connectivity index is 1.33. The van der Waals surface area contributed by atoms with Gasteiger partial charge >= 0.3 is 0 Å². The standard InChI is InChI=1S/C23H28N4O2S/c1-16-6-4-5-7-19(16)14-25-10-12-26(13-11-25)20(28)8-9-27-15-24-22-21(23(27)29)17(2)18(3)30-22/h4-7,15H,8-14H2,1-3H3. The van der Waals surface area contributed by atoms with Gasteiger partial charge in [0.05, 0.1) is 11.7 Å². The number of amides is 1. The molecule has 0 radical (unpaired) electrons. The smallest absolute Gasteiger partial charge is 0.262 e. The van der Waals surface area contributed by atoms with E-state index < -0.39 is 0 Å². The Labute approximate surface area is 180 Å². The first-order valence-corrected chi connectivity index (χ1v) is 11.3. The number of thiophene rings is 1. The molecule has 1 aliphatic rings. The van der Waals surface area contributed by atoms with Gasteiger partial charge in [-0.15, -0.1) is 11.3 Å². The van der Waals surface area contributed by atoms with E-state index in [9.17, 15) is 9.59 Å². The fraction of sp³-hybridized carbons (Fsp3) is 0.435. The first-order chi connectivity index (χ1) is 14.4. The van der Waals surface area contributed by atoms with Crippen molar-refractivity contribution in [2.45, 2.75) is 40.3 Å². The molecule has 0 saturated carbocycles. The second kappa shape index (κ2) is 8.70. The van der Waals surface area contributed by atoms with Gasteiger partial charge in [0.1, 0.15) is 4.83 Å². The van der Waals surface area contributed by atoms with Gasteiger partial charge in [-0.25, -0.2) is 4.98 Å². The molecule has 0 spiro atoms. The number of carbonyl (C=O) groups is 1. The van der Waals surface area contributed by atoms with E-state index >= 15 is 0 Å². The number of piperazine rings is 1. The van der Waals surface area contributed by atoms with Gasteiger partial charge in [0.2, 0.25) is 5.91 Å². The van der Waals surface area contributed by atoms with Gasteiger partial charge in [0, 0.05) is 50.6 Å². The Morgan fingerprint density at radius 2 is 1.83 bits per heavy atom. The van der Waals surface area contributed by atoms with Crippen LogP contribution in [-0.2, 0) is 17.9 Å². The monoisotopic (exact) mass is 424 g/mol. The van der Waals surface area contributed by atoms with Crippen molar-refractivity contribution in [3.05, 3.63) is 62.5 Å². The Morgan fingerprint density at radius 3 is 2.57 bits per heavy atom. The summed E-state index contributed by atoms with van der Waals surface area (Å²) in [6.45, 7) is 10.6. The number of carbonyl (C=O) groups excluding carboxylic acids is 1. The second-order valence-corrected chi connectivity index (χ2v) is 9.24. The maximum absolute atomic E-state index is 12.8. The van der Waals surface area contributed by atoms with Crippen LogP contribution in [0.2, 0.25) is 0 Å². The summed E-state index contributed by atoms with van der Waals surface area (Å²) in [4.78, 5) is 36.1. The molecule has 0 bridgehead atoms. The maximum Gasteiger partial charge on any atom is 0.262 e. The van der Waals surface area contributed by atoms with Crippen molar-refractivity contribution in [3.8, 4) is 0 Å². The number of benzene rings is 1. The average molecular weight is 425 g/mol. The SMILES string of the molecule is Cc1ccccc1CN1CCN(C(=O)CCn2cnc3sc(C)c(C)c3c2=O)CC1. The number of hydrogen-bond acceptors (Lipinski definition) is 5. The molecular weight excluding hydrogens is 396 g/mol. The quantitative estimate of drug-likeness (QED) is 0.632. The summed E-state index contributed by atoms with van der Waals surface area (Å²) in [7, 11) is 0. The van der Waals surface area contributed by atoms with Crippen molar-refractivity contribution in [2.24, 2.45) is 0 Å². The summed E-state index contributed by atoms with van der Waals surface area (Å²) >= 11 is 1.55. The predicted octanol–water partition coefficient (Wildman–Crippen LogP) is 3.12. The third-order valence-electron chi connectivity index (χ3n) is 6.10. The third-order valence-corrected chi connectivity index (χ3v) is 7.22. The molecule has 3 aromatic rings. The minimum Gasteiger partial charge on any atom is -0.340 e. The lowest BCUT2D eigenvalue weighted by Gasteiger charge is -2.35. The van der Waals surface area contributed by atoms with Gasteiger partial charge in [-0.3, -0.25) is 19.1 Å². The van der Waals surface area contributed by atoms with E-state index in [0.717, 1.165) is 48.0 Å². The van der Waals surface area contributed by atoms with E-state index in [4.69, 9.17) is 0 Å². The fourth-order valence-corrected chi connectivity index (χ4v) is 4.97. The number of nitrogens with zero attached hydrogens (tertiary/aromatic N) is 4. The van der Waals surface area contributed by atoms with Crippen LogP contribution in [0, 0.1) is 20.8 Å². The first-order valence-electron chi connectivity index (χ1n) is 10.4. The molecule has 1 aliphatic heterocycles. The van der Waals surface area contributed by atoms with Crippen LogP contribution in [0.1, 0.15) is 28.0 Å². The molecule has 7 heteroatoms. The molecule has 6 nitrogen and oxygen atoms in total. The Hall–Kier alpha value is -2.51. The average Bonchev–Trinajstić information content (AvgIpc) is 3.04. The van der Waals surface area contributed by atoms with Crippen molar-refractivity contribution < 1.29 is 4.79 Å². The highest BCUT2D eigenvalue weighted by atomic mass is 32.1. The van der Waals surface area contributed by atoms with Gasteiger partial charge in [0.25, 0.3) is 5.56 Å². The Morgan fingerprint density at radius 1 is 1.10 bits per heavy atom. The molecule has 158 valence electrons. The van der Waals surface area contributed by atoms with Crippen LogP contribution in [0.4, 0.5) is 0 Å². The van der Waals surface area contributed by atoms with E-state index in [-0.39, 0.29) is 11.5 Å². The summed E-state index contributed by atoms with van der Waals surface area (Å²) in [6.07, 6.45) is 1.90. The second-order valence-electron chi connectivity index (χ2n) is 8.04. The zero-order valence-electron chi connectivity index (χ0n) is 17.9. The van der Waals surface area contributed by atoms with Crippen LogP contribution in [0.25, 0.3) is 10.2 Å². The first kappa shape index (κ1) is 20.8. The van der Waals surface area contributed by atoms with Crippen molar-refractivity contribution in [2.75, 3.05) is 26.2 Å². The van der Waals surface area contributed by atoms with Crippen LogP contribution >= 0.6 is 11.3 Å². The van der Waals surface area contributed by atoms with Gasteiger partial charge < -0.3 is 4.90 Å². The highest BCUT2D eigenvalue weighted by Crippen LogP contribution is 2.25.